The summed E-state index contributed by atoms with van der Waals surface area (Å²) >= 11 is 0. The molecule has 43 heavy (non-hydrogen) atoms. The van der Waals surface area contributed by atoms with Crippen LogP contribution >= 0.6 is 0 Å². The van der Waals surface area contributed by atoms with Crippen LogP contribution < -0.4 is 9.88 Å². The van der Waals surface area contributed by atoms with Gasteiger partial charge in [0.1, 0.15) is 34.5 Å². The number of hydrogen-bond acceptors (Lipinski definition) is 6. The fourth-order valence-electron chi connectivity index (χ4n) is 6.10. The summed E-state index contributed by atoms with van der Waals surface area (Å²) in [5.41, 5.74) is -1.13. The number of sulfone groups is 1. The van der Waals surface area contributed by atoms with Crippen molar-refractivity contribution in [3.05, 3.63) is 94.6 Å². The molecular weight excluding hydrogens is 619 g/mol. The van der Waals surface area contributed by atoms with E-state index in [0.29, 0.717) is 5.56 Å². The lowest BCUT2D eigenvalue weighted by atomic mass is 9.78. The molecule has 15 heteroatoms. The fourth-order valence-corrected chi connectivity index (χ4v) is 8.97. The maximum Gasteiger partial charge on any atom is 0.416 e. The number of halogens is 5. The third kappa shape index (κ3) is 5.60. The van der Waals surface area contributed by atoms with E-state index in [1.807, 2.05) is 0 Å². The van der Waals surface area contributed by atoms with Crippen LogP contribution in [0.25, 0.3) is 0 Å². The van der Waals surface area contributed by atoms with Crippen molar-refractivity contribution in [3.63, 3.8) is 0 Å². The predicted molar refractivity (Wildman–Crippen MR) is 144 cm³/mol. The Bertz CT molecular complexity index is 1800. The van der Waals surface area contributed by atoms with Crippen LogP contribution in [0.4, 0.5) is 22.0 Å². The van der Waals surface area contributed by atoms with Crippen molar-refractivity contribution in [2.75, 3.05) is 12.3 Å². The zero-order chi connectivity index (χ0) is 31.4. The monoisotopic (exact) mass is 644 g/mol. The van der Waals surface area contributed by atoms with Gasteiger partial charge >= 0.3 is 6.18 Å². The number of fused-ring (bicyclic) bond motifs is 3. The molecule has 8 nitrogen and oxygen atoms in total. The van der Waals surface area contributed by atoms with Gasteiger partial charge in [-0.2, -0.15) is 13.2 Å². The fraction of sp³-hybridized carbons (Fsp3) is 0.321. The van der Waals surface area contributed by atoms with E-state index in [4.69, 9.17) is 9.88 Å². The molecule has 0 saturated carbocycles. The Labute approximate surface area is 244 Å². The molecule has 3 aromatic rings. The summed E-state index contributed by atoms with van der Waals surface area (Å²) in [5, 5.41) is 5.07. The SMILES string of the molecule is NS(=O)(=O)CC(=O)N1CC[C@@]2(S(=O)(=O)c3ccc(F)cc3)c3ccc(OCc4c(F)cccc4C(F)(F)F)cc3CC[C@@H]12. The first kappa shape index (κ1) is 30.9. The first-order valence-electron chi connectivity index (χ1n) is 13.0. The van der Waals surface area contributed by atoms with Gasteiger partial charge in [0, 0.05) is 12.1 Å². The summed E-state index contributed by atoms with van der Waals surface area (Å²) in [4.78, 5) is 13.9. The molecule has 1 saturated heterocycles. The lowest BCUT2D eigenvalue weighted by Crippen LogP contribution is -2.53. The standard InChI is InChI=1S/C28H25F5N2O6S2/c29-18-5-8-20(9-6-18)43(39,40)27-12-13-35(26(36)16-42(34,37)38)25(27)11-4-17-14-19(7-10-22(17)27)41-15-21-23(28(31,32)33)2-1-3-24(21)30/h1-3,5-10,14,25H,4,11-13,15-16H2,(H2,34,37,38)/t25-,27-/m1/s1. The van der Waals surface area contributed by atoms with Crippen LogP contribution in [0.15, 0.2) is 65.6 Å². The number of alkyl halides is 3. The van der Waals surface area contributed by atoms with E-state index >= 15 is 0 Å². The topological polar surface area (TPSA) is 124 Å². The number of hydrogen-bond donors (Lipinski definition) is 1. The molecule has 3 aromatic carbocycles. The van der Waals surface area contributed by atoms with Crippen LogP contribution in [0.1, 0.15) is 35.1 Å². The van der Waals surface area contributed by atoms with Crippen molar-refractivity contribution in [1.29, 1.82) is 0 Å². The maximum absolute atomic E-state index is 14.3. The number of carbonyl (C=O) groups excluding carboxylic acids is 1. The van der Waals surface area contributed by atoms with Crippen molar-refractivity contribution in [2.45, 2.75) is 47.7 Å². The summed E-state index contributed by atoms with van der Waals surface area (Å²) in [6, 6.07) is 9.95. The lowest BCUT2D eigenvalue weighted by Gasteiger charge is -2.42. The number of carbonyl (C=O) groups is 1. The van der Waals surface area contributed by atoms with Crippen molar-refractivity contribution in [3.8, 4) is 5.75 Å². The Morgan fingerprint density at radius 1 is 1.02 bits per heavy atom. The summed E-state index contributed by atoms with van der Waals surface area (Å²) in [7, 11) is -8.57. The molecule has 230 valence electrons. The summed E-state index contributed by atoms with van der Waals surface area (Å²) in [5.74, 6) is -3.60. The Balaban J connectivity index is 1.55. The molecule has 0 radical (unpaired) electrons. The normalized spacial score (nSPS) is 20.4. The summed E-state index contributed by atoms with van der Waals surface area (Å²) in [6.07, 6.45) is -4.66. The smallest absolute Gasteiger partial charge is 0.416 e. The molecule has 1 heterocycles. The Morgan fingerprint density at radius 3 is 2.37 bits per heavy atom. The van der Waals surface area contributed by atoms with Crippen LogP contribution in [-0.4, -0.2) is 46.0 Å². The van der Waals surface area contributed by atoms with Gasteiger partial charge in [0.2, 0.25) is 15.9 Å². The molecule has 1 fully saturated rings. The van der Waals surface area contributed by atoms with Gasteiger partial charge in [0.25, 0.3) is 0 Å². The van der Waals surface area contributed by atoms with Gasteiger partial charge in [-0.3, -0.25) is 4.79 Å². The predicted octanol–water partition coefficient (Wildman–Crippen LogP) is 4.07. The van der Waals surface area contributed by atoms with Gasteiger partial charge in [-0.25, -0.2) is 30.8 Å². The number of likely N-dealkylation sites (tertiary alicyclic amines) is 1. The largest absolute Gasteiger partial charge is 0.489 e. The van der Waals surface area contributed by atoms with Crippen LogP contribution in [0.2, 0.25) is 0 Å². The number of ether oxygens (including phenoxy) is 1. The zero-order valence-corrected chi connectivity index (χ0v) is 23.9. The van der Waals surface area contributed by atoms with E-state index in [1.165, 1.54) is 23.1 Å². The van der Waals surface area contributed by atoms with Crippen LogP contribution in [0.5, 0.6) is 5.75 Å². The van der Waals surface area contributed by atoms with E-state index in [-0.39, 0.29) is 42.0 Å². The minimum atomic E-state index is -4.82. The number of nitrogens with zero attached hydrogens (tertiary/aromatic N) is 1. The Kier molecular flexibility index (Phi) is 7.80. The molecule has 1 amide bonds. The van der Waals surface area contributed by atoms with E-state index in [2.05, 4.69) is 0 Å². The van der Waals surface area contributed by atoms with E-state index in [0.717, 1.165) is 42.5 Å². The van der Waals surface area contributed by atoms with Crippen molar-refractivity contribution < 1.29 is 48.3 Å². The molecule has 0 unspecified atom stereocenters. The second-order valence-corrected chi connectivity index (χ2v) is 14.2. The van der Waals surface area contributed by atoms with Gasteiger partial charge in [-0.15, -0.1) is 0 Å². The first-order valence-corrected chi connectivity index (χ1v) is 16.2. The number of primary sulfonamides is 1. The Hall–Kier alpha value is -3.56. The highest BCUT2D eigenvalue weighted by Crippen LogP contribution is 2.53. The van der Waals surface area contributed by atoms with Crippen molar-refractivity contribution >= 4 is 25.8 Å². The Morgan fingerprint density at radius 2 is 1.72 bits per heavy atom. The molecule has 5 rings (SSSR count). The molecule has 1 aliphatic heterocycles. The number of aryl methyl sites for hydroxylation is 1. The van der Waals surface area contributed by atoms with Crippen LogP contribution in [-0.2, 0) is 48.6 Å². The molecule has 0 spiro atoms. The lowest BCUT2D eigenvalue weighted by molar-refractivity contribution is -0.138. The molecule has 2 N–H and O–H groups in total. The number of nitrogens with two attached hydrogens (primary N) is 1. The second kappa shape index (κ2) is 10.9. The average Bonchev–Trinajstić information content (AvgIpc) is 3.33. The van der Waals surface area contributed by atoms with Gasteiger partial charge < -0.3 is 9.64 Å². The molecule has 0 aromatic heterocycles. The first-order chi connectivity index (χ1) is 20.0. The second-order valence-electron chi connectivity index (χ2n) is 10.4. The molecule has 2 aliphatic rings. The van der Waals surface area contributed by atoms with E-state index in [9.17, 15) is 43.6 Å². The highest BCUT2D eigenvalue weighted by atomic mass is 32.2. The van der Waals surface area contributed by atoms with E-state index in [1.54, 1.807) is 0 Å². The van der Waals surface area contributed by atoms with Gasteiger partial charge in [0.05, 0.1) is 16.5 Å². The number of amides is 1. The molecule has 1 aliphatic carbocycles. The van der Waals surface area contributed by atoms with Gasteiger partial charge in [-0.1, -0.05) is 12.1 Å². The number of rotatable bonds is 7. The van der Waals surface area contributed by atoms with Crippen LogP contribution in [0.3, 0.4) is 0 Å². The third-order valence-electron chi connectivity index (χ3n) is 7.91. The van der Waals surface area contributed by atoms with Crippen LogP contribution in [0, 0.1) is 11.6 Å². The maximum atomic E-state index is 14.3. The minimum absolute atomic E-state index is 0.0584. The zero-order valence-electron chi connectivity index (χ0n) is 22.3. The summed E-state index contributed by atoms with van der Waals surface area (Å²) in [6.45, 7) is -0.859. The van der Waals surface area contributed by atoms with Gasteiger partial charge in [0.15, 0.2) is 9.84 Å². The third-order valence-corrected chi connectivity index (χ3v) is 11.1. The van der Waals surface area contributed by atoms with Crippen molar-refractivity contribution in [1.82, 2.24) is 4.90 Å². The van der Waals surface area contributed by atoms with Gasteiger partial charge in [-0.05, 0) is 78.9 Å². The number of benzene rings is 3. The number of sulfonamides is 1. The quantitative estimate of drug-likeness (QED) is 0.306. The van der Waals surface area contributed by atoms with E-state index < -0.39 is 77.9 Å². The summed E-state index contributed by atoms with van der Waals surface area (Å²) < 4.78 is 124. The highest BCUT2D eigenvalue weighted by molar-refractivity contribution is 7.92. The molecule has 2 atom stereocenters. The average molecular weight is 645 g/mol. The molecule has 0 bridgehead atoms. The highest BCUT2D eigenvalue weighted by Gasteiger charge is 2.61. The van der Waals surface area contributed by atoms with Crippen molar-refractivity contribution in [2.24, 2.45) is 5.14 Å². The minimum Gasteiger partial charge on any atom is -0.489 e. The molecular formula is C28H25F5N2O6S2.